The average Bonchev–Trinajstić information content (AvgIpc) is 2.99. The fraction of sp³-hybridized carbons (Fsp3) is 0.273. The largest absolute Gasteiger partial charge is 0.468 e. The summed E-state index contributed by atoms with van der Waals surface area (Å²) in [6.45, 7) is -0.220. The predicted molar refractivity (Wildman–Crippen MR) is 62.0 cm³/mol. The third-order valence-corrected chi connectivity index (χ3v) is 4.09. The number of hydrogen-bond acceptors (Lipinski definition) is 5. The van der Waals surface area contributed by atoms with Crippen LogP contribution in [0.25, 0.3) is 0 Å². The molecule has 0 aliphatic heterocycles. The highest BCUT2D eigenvalue weighted by Gasteiger charge is 2.25. The van der Waals surface area contributed by atoms with Gasteiger partial charge in [-0.05, 0) is 24.3 Å². The van der Waals surface area contributed by atoms with Crippen molar-refractivity contribution >= 4 is 10.0 Å². The van der Waals surface area contributed by atoms with Gasteiger partial charge in [0.05, 0.1) is 12.8 Å². The molecule has 0 amide bonds. The van der Waals surface area contributed by atoms with E-state index in [1.807, 2.05) is 0 Å². The minimum atomic E-state index is -3.71. The summed E-state index contributed by atoms with van der Waals surface area (Å²) in [4.78, 5) is 0. The van der Waals surface area contributed by atoms with Crippen LogP contribution < -0.4 is 0 Å². The van der Waals surface area contributed by atoms with E-state index in [1.54, 1.807) is 12.1 Å². The molecule has 1 N–H and O–H groups in total. The molecule has 0 bridgehead atoms. The van der Waals surface area contributed by atoms with Gasteiger partial charge in [0.25, 0.3) is 10.0 Å². The number of aliphatic hydroxyl groups excluding tert-OH is 1. The predicted octanol–water partition coefficient (Wildman–Crippen LogP) is 1.19. The molecule has 0 unspecified atom stereocenters. The second-order valence-corrected chi connectivity index (χ2v) is 5.70. The molecule has 6 nitrogen and oxygen atoms in total. The molecule has 2 aromatic heterocycles. The summed E-state index contributed by atoms with van der Waals surface area (Å²) in [6.07, 6.45) is 1.48. The first-order valence-electron chi connectivity index (χ1n) is 5.22. The van der Waals surface area contributed by atoms with Gasteiger partial charge in [-0.2, -0.15) is 4.31 Å². The highest BCUT2D eigenvalue weighted by molar-refractivity contribution is 7.88. The van der Waals surface area contributed by atoms with Crippen LogP contribution in [-0.2, 0) is 23.2 Å². The Balaban J connectivity index is 2.19. The molecule has 0 radical (unpaired) electrons. The molecule has 0 fully saturated rings. The molecule has 98 valence electrons. The zero-order valence-electron chi connectivity index (χ0n) is 9.74. The lowest BCUT2D eigenvalue weighted by Crippen LogP contribution is -2.25. The number of rotatable bonds is 5. The van der Waals surface area contributed by atoms with Crippen molar-refractivity contribution in [2.24, 2.45) is 0 Å². The van der Waals surface area contributed by atoms with Gasteiger partial charge in [0.1, 0.15) is 18.1 Å². The van der Waals surface area contributed by atoms with E-state index in [1.165, 1.54) is 25.4 Å². The van der Waals surface area contributed by atoms with Crippen molar-refractivity contribution in [3.8, 4) is 0 Å². The quantitative estimate of drug-likeness (QED) is 0.883. The van der Waals surface area contributed by atoms with Crippen molar-refractivity contribution in [1.29, 1.82) is 0 Å². The van der Waals surface area contributed by atoms with E-state index in [-0.39, 0.29) is 24.0 Å². The summed E-state index contributed by atoms with van der Waals surface area (Å²) in [5, 5.41) is 8.65. The van der Waals surface area contributed by atoms with E-state index in [4.69, 9.17) is 13.9 Å². The maximum absolute atomic E-state index is 12.1. The maximum atomic E-state index is 12.1. The first-order chi connectivity index (χ1) is 8.54. The molecule has 0 spiro atoms. The standard InChI is InChI=1S/C11H13NO5S/c1-12(7-9-3-2-6-16-9)18(14,15)11-5-4-10(8-13)17-11/h2-6,13H,7-8H2,1H3. The third-order valence-electron chi connectivity index (χ3n) is 2.42. The summed E-state index contributed by atoms with van der Waals surface area (Å²) in [5.74, 6) is 0.745. The highest BCUT2D eigenvalue weighted by atomic mass is 32.2. The Bertz CT molecular complexity index is 599. The highest BCUT2D eigenvalue weighted by Crippen LogP contribution is 2.19. The fourth-order valence-corrected chi connectivity index (χ4v) is 2.50. The zero-order valence-corrected chi connectivity index (χ0v) is 10.6. The van der Waals surface area contributed by atoms with E-state index in [9.17, 15) is 8.42 Å². The normalized spacial score (nSPS) is 12.2. The van der Waals surface area contributed by atoms with Crippen molar-refractivity contribution in [2.45, 2.75) is 18.2 Å². The summed E-state index contributed by atoms with van der Waals surface area (Å²) in [5.41, 5.74) is 0. The van der Waals surface area contributed by atoms with E-state index in [0.29, 0.717) is 5.76 Å². The Hall–Kier alpha value is -1.57. The summed E-state index contributed by atoms with van der Waals surface area (Å²) in [7, 11) is -2.28. The molecular weight excluding hydrogens is 258 g/mol. The third kappa shape index (κ3) is 2.47. The Morgan fingerprint density at radius 3 is 2.61 bits per heavy atom. The molecule has 0 atom stereocenters. The van der Waals surface area contributed by atoms with Crippen LogP contribution in [0.4, 0.5) is 0 Å². The van der Waals surface area contributed by atoms with Crippen LogP contribution in [0.15, 0.2) is 44.5 Å². The first-order valence-corrected chi connectivity index (χ1v) is 6.66. The van der Waals surface area contributed by atoms with Gasteiger partial charge >= 0.3 is 0 Å². The first kappa shape index (κ1) is 12.9. The molecule has 0 aliphatic rings. The van der Waals surface area contributed by atoms with E-state index in [2.05, 4.69) is 0 Å². The number of furan rings is 2. The average molecular weight is 271 g/mol. The van der Waals surface area contributed by atoms with Gasteiger partial charge < -0.3 is 13.9 Å². The second kappa shape index (κ2) is 4.97. The van der Waals surface area contributed by atoms with Gasteiger partial charge in [-0.15, -0.1) is 0 Å². The van der Waals surface area contributed by atoms with Crippen LogP contribution in [0.5, 0.6) is 0 Å². The van der Waals surface area contributed by atoms with Gasteiger partial charge in [-0.1, -0.05) is 0 Å². The molecule has 0 aromatic carbocycles. The molecule has 0 saturated carbocycles. The van der Waals surface area contributed by atoms with E-state index >= 15 is 0 Å². The van der Waals surface area contributed by atoms with Crippen molar-refractivity contribution in [3.63, 3.8) is 0 Å². The van der Waals surface area contributed by atoms with Crippen LogP contribution in [0.3, 0.4) is 0 Å². The number of hydrogen-bond donors (Lipinski definition) is 1. The summed E-state index contributed by atoms with van der Waals surface area (Å²) < 4.78 is 35.4. The van der Waals surface area contributed by atoms with Crippen molar-refractivity contribution < 1.29 is 22.4 Å². The van der Waals surface area contributed by atoms with Crippen LogP contribution in [0.1, 0.15) is 11.5 Å². The van der Waals surface area contributed by atoms with Crippen LogP contribution in [0, 0.1) is 0 Å². The SMILES string of the molecule is CN(Cc1ccco1)S(=O)(=O)c1ccc(CO)o1. The van der Waals surface area contributed by atoms with Crippen LogP contribution in [0.2, 0.25) is 0 Å². The molecule has 2 aromatic rings. The molecule has 2 rings (SSSR count). The topological polar surface area (TPSA) is 83.9 Å². The minimum Gasteiger partial charge on any atom is -0.468 e. The van der Waals surface area contributed by atoms with Crippen molar-refractivity contribution in [1.82, 2.24) is 4.31 Å². The smallest absolute Gasteiger partial charge is 0.276 e. The molecule has 0 saturated heterocycles. The van der Waals surface area contributed by atoms with Gasteiger partial charge in [0.15, 0.2) is 0 Å². The summed E-state index contributed by atoms with van der Waals surface area (Å²) in [6, 6.07) is 6.12. The Kier molecular flexibility index (Phi) is 3.55. The van der Waals surface area contributed by atoms with Crippen LogP contribution >= 0.6 is 0 Å². The van der Waals surface area contributed by atoms with Gasteiger partial charge in [-0.3, -0.25) is 0 Å². The molecule has 18 heavy (non-hydrogen) atoms. The van der Waals surface area contributed by atoms with Gasteiger partial charge in [0.2, 0.25) is 5.09 Å². The number of nitrogens with zero attached hydrogens (tertiary/aromatic N) is 1. The molecule has 7 heteroatoms. The minimum absolute atomic E-state index is 0.116. The lowest BCUT2D eigenvalue weighted by molar-refractivity contribution is 0.235. The van der Waals surface area contributed by atoms with Crippen LogP contribution in [-0.4, -0.2) is 24.9 Å². The van der Waals surface area contributed by atoms with Crippen molar-refractivity contribution in [3.05, 3.63) is 42.0 Å². The lowest BCUT2D eigenvalue weighted by atomic mass is 10.4. The zero-order chi connectivity index (χ0) is 13.2. The van der Waals surface area contributed by atoms with Gasteiger partial charge in [0, 0.05) is 7.05 Å². The lowest BCUT2D eigenvalue weighted by Gasteiger charge is -2.13. The fourth-order valence-electron chi connectivity index (χ4n) is 1.44. The maximum Gasteiger partial charge on any atom is 0.276 e. The van der Waals surface area contributed by atoms with Crippen molar-refractivity contribution in [2.75, 3.05) is 7.05 Å². The van der Waals surface area contributed by atoms with E-state index in [0.717, 1.165) is 4.31 Å². The number of aliphatic hydroxyl groups is 1. The summed E-state index contributed by atoms with van der Waals surface area (Å²) >= 11 is 0. The Labute approximate surface area is 104 Å². The number of sulfonamides is 1. The van der Waals surface area contributed by atoms with Gasteiger partial charge in [-0.25, -0.2) is 8.42 Å². The Morgan fingerprint density at radius 1 is 1.28 bits per heavy atom. The van der Waals surface area contributed by atoms with E-state index < -0.39 is 10.0 Å². The molecule has 2 heterocycles. The molecule has 0 aliphatic carbocycles. The monoisotopic (exact) mass is 271 g/mol. The second-order valence-electron chi connectivity index (χ2n) is 3.72. The Morgan fingerprint density at radius 2 is 2.06 bits per heavy atom. The molecular formula is C11H13NO5S.